The third kappa shape index (κ3) is 41.4. The highest BCUT2D eigenvalue weighted by Crippen LogP contribution is 2.26. The molecule has 1 amide bonds. The van der Waals surface area contributed by atoms with Crippen LogP contribution in [0.4, 0.5) is 0 Å². The maximum Gasteiger partial charge on any atom is 0.306 e. The Bertz CT molecular complexity index is 1290. The van der Waals surface area contributed by atoms with Crippen LogP contribution in [-0.2, 0) is 23.8 Å². The molecule has 76 heavy (non-hydrogen) atoms. The molecule has 1 saturated heterocycles. The summed E-state index contributed by atoms with van der Waals surface area (Å²) >= 11 is 0. The molecule has 1 aliphatic rings. The molecule has 0 spiro atoms. The first kappa shape index (κ1) is 72.4. The zero-order valence-electron chi connectivity index (χ0n) is 49.9. The molecule has 0 radical (unpaired) electrons. The van der Waals surface area contributed by atoms with Crippen molar-refractivity contribution in [2.24, 2.45) is 0 Å². The summed E-state index contributed by atoms with van der Waals surface area (Å²) in [5, 5.41) is 57.0. The fourth-order valence-corrected chi connectivity index (χ4v) is 10.7. The molecular weight excluding hydrogens is 955 g/mol. The van der Waals surface area contributed by atoms with E-state index in [1.54, 1.807) is 6.08 Å². The van der Waals surface area contributed by atoms with Gasteiger partial charge in [0.1, 0.15) is 24.4 Å². The molecule has 11 nitrogen and oxygen atoms in total. The van der Waals surface area contributed by atoms with Gasteiger partial charge in [0.05, 0.1) is 25.4 Å². The predicted molar refractivity (Wildman–Crippen MR) is 315 cm³/mol. The minimum absolute atomic E-state index is 0.131. The molecule has 1 fully saturated rings. The lowest BCUT2D eigenvalue weighted by Gasteiger charge is -2.41. The van der Waals surface area contributed by atoms with E-state index in [0.717, 1.165) is 57.8 Å². The van der Waals surface area contributed by atoms with E-state index >= 15 is 0 Å². The van der Waals surface area contributed by atoms with Crippen molar-refractivity contribution in [3.63, 3.8) is 0 Å². The molecule has 1 aliphatic heterocycles. The van der Waals surface area contributed by atoms with Gasteiger partial charge < -0.3 is 45.1 Å². The van der Waals surface area contributed by atoms with E-state index in [1.165, 1.54) is 225 Å². The normalized spacial score (nSPS) is 19.1. The number of allylic oxidation sites excluding steroid dienone is 1. The lowest BCUT2D eigenvalue weighted by atomic mass is 9.99. The third-order valence-corrected chi connectivity index (χ3v) is 15.9. The van der Waals surface area contributed by atoms with Gasteiger partial charge in [-0.2, -0.15) is 0 Å². The Balaban J connectivity index is 2.60. The van der Waals surface area contributed by atoms with Gasteiger partial charge in [0.2, 0.25) is 5.91 Å². The van der Waals surface area contributed by atoms with Crippen molar-refractivity contribution in [1.82, 2.24) is 5.32 Å². The van der Waals surface area contributed by atoms with Crippen LogP contribution in [-0.4, -0.2) is 99.6 Å². The standard InChI is InChI=1S/C65H125NO10/c1-4-7-10-13-16-19-22-25-26-27-28-29-30-31-32-33-35-37-40-43-46-49-52-58(69)64(73)66-56(57(68)51-48-45-42-39-36-24-21-18-15-12-9-6-3)55-74-65-63(62(72)61(71)59(54-67)75-65)76-60(70)53-50-47-44-41-38-34-23-20-17-14-11-8-5-2/h48,51,56-59,61-63,65,67-69,71-72H,4-47,49-50,52-55H2,1-3H3,(H,66,73)/b51-48+. The van der Waals surface area contributed by atoms with E-state index in [4.69, 9.17) is 14.2 Å². The Kier molecular flexibility index (Phi) is 51.5. The van der Waals surface area contributed by atoms with Gasteiger partial charge in [0.15, 0.2) is 12.4 Å². The number of carbonyl (C=O) groups excluding carboxylic acids is 2. The monoisotopic (exact) mass is 1080 g/mol. The van der Waals surface area contributed by atoms with Crippen LogP contribution in [0.1, 0.15) is 329 Å². The molecule has 0 aromatic carbocycles. The molecule has 6 N–H and O–H groups in total. The number of carbonyl (C=O) groups is 2. The van der Waals surface area contributed by atoms with Crippen molar-refractivity contribution < 1.29 is 49.3 Å². The second-order valence-electron chi connectivity index (χ2n) is 23.2. The molecule has 0 aromatic heterocycles. The minimum atomic E-state index is -1.61. The number of aliphatic hydroxyl groups is 5. The highest BCUT2D eigenvalue weighted by molar-refractivity contribution is 5.80. The van der Waals surface area contributed by atoms with Crippen LogP contribution in [0.3, 0.4) is 0 Å². The van der Waals surface area contributed by atoms with E-state index < -0.39 is 67.4 Å². The van der Waals surface area contributed by atoms with Crippen LogP contribution in [0.25, 0.3) is 0 Å². The van der Waals surface area contributed by atoms with Gasteiger partial charge in [0.25, 0.3) is 0 Å². The van der Waals surface area contributed by atoms with Gasteiger partial charge in [-0.05, 0) is 25.7 Å². The molecule has 1 rings (SSSR count). The zero-order chi connectivity index (χ0) is 55.4. The zero-order valence-corrected chi connectivity index (χ0v) is 49.9. The fraction of sp³-hybridized carbons (Fsp3) is 0.938. The first-order valence-corrected chi connectivity index (χ1v) is 33.0. The average molecular weight is 1080 g/mol. The molecule has 0 bridgehead atoms. The first-order valence-electron chi connectivity index (χ1n) is 33.0. The maximum atomic E-state index is 13.4. The summed E-state index contributed by atoms with van der Waals surface area (Å²) < 4.78 is 17.6. The van der Waals surface area contributed by atoms with Gasteiger partial charge in [0, 0.05) is 6.42 Å². The lowest BCUT2D eigenvalue weighted by Crippen LogP contribution is -2.61. The highest BCUT2D eigenvalue weighted by Gasteiger charge is 2.47. The number of esters is 1. The summed E-state index contributed by atoms with van der Waals surface area (Å²) in [5.41, 5.74) is 0. The summed E-state index contributed by atoms with van der Waals surface area (Å²) in [5.74, 6) is -1.18. The number of ether oxygens (including phenoxy) is 3. The SMILES string of the molecule is CCCCCCCCCCCC/C=C/C(O)C(COC1OC(CO)C(O)C(O)C1OC(=O)CCCCCCCCCCCCCCC)NC(=O)C(O)CCCCCCCCCCCCCCCCCCCCCCCC. The van der Waals surface area contributed by atoms with Gasteiger partial charge in [-0.1, -0.05) is 309 Å². The van der Waals surface area contributed by atoms with Crippen molar-refractivity contribution in [2.45, 2.75) is 378 Å². The van der Waals surface area contributed by atoms with Gasteiger partial charge in [-0.15, -0.1) is 0 Å². The molecule has 0 saturated carbocycles. The number of amides is 1. The Morgan fingerprint density at radius 1 is 0.500 bits per heavy atom. The summed E-state index contributed by atoms with van der Waals surface area (Å²) in [6.45, 7) is 5.83. The number of unbranched alkanes of at least 4 members (excludes halogenated alkanes) is 43. The predicted octanol–water partition coefficient (Wildman–Crippen LogP) is 15.9. The van der Waals surface area contributed by atoms with E-state index in [1.807, 2.05) is 6.08 Å². The second-order valence-corrected chi connectivity index (χ2v) is 23.2. The lowest BCUT2D eigenvalue weighted by molar-refractivity contribution is -0.305. The summed E-state index contributed by atoms with van der Waals surface area (Å²) in [7, 11) is 0. The third-order valence-electron chi connectivity index (χ3n) is 15.9. The largest absolute Gasteiger partial charge is 0.454 e. The second kappa shape index (κ2) is 54.0. The molecule has 1 heterocycles. The fourth-order valence-electron chi connectivity index (χ4n) is 10.7. The van der Waals surface area contributed by atoms with Gasteiger partial charge in [-0.25, -0.2) is 0 Å². The summed E-state index contributed by atoms with van der Waals surface area (Å²) in [4.78, 5) is 26.5. The Morgan fingerprint density at radius 2 is 0.855 bits per heavy atom. The van der Waals surface area contributed by atoms with Crippen molar-refractivity contribution >= 4 is 11.9 Å². The first-order chi connectivity index (χ1) is 37.2. The van der Waals surface area contributed by atoms with Crippen molar-refractivity contribution in [2.75, 3.05) is 13.2 Å². The number of hydrogen-bond donors (Lipinski definition) is 6. The van der Waals surface area contributed by atoms with Crippen LogP contribution < -0.4 is 5.32 Å². The smallest absolute Gasteiger partial charge is 0.306 e. The molecule has 450 valence electrons. The van der Waals surface area contributed by atoms with Crippen LogP contribution in [0.15, 0.2) is 12.2 Å². The van der Waals surface area contributed by atoms with E-state index in [0.29, 0.717) is 19.3 Å². The Hall–Kier alpha value is -1.60. The van der Waals surface area contributed by atoms with E-state index in [2.05, 4.69) is 26.1 Å². The topological polar surface area (TPSA) is 175 Å². The number of aliphatic hydroxyl groups excluding tert-OH is 5. The number of rotatable bonds is 57. The molecule has 8 unspecified atom stereocenters. The number of nitrogens with one attached hydrogen (secondary N) is 1. The van der Waals surface area contributed by atoms with Crippen LogP contribution >= 0.6 is 0 Å². The van der Waals surface area contributed by atoms with Crippen LogP contribution in [0.5, 0.6) is 0 Å². The average Bonchev–Trinajstić information content (AvgIpc) is 3.42. The van der Waals surface area contributed by atoms with E-state index in [-0.39, 0.29) is 13.0 Å². The summed E-state index contributed by atoms with van der Waals surface area (Å²) in [6.07, 6.45) is 51.2. The Labute approximate surface area is 468 Å². The van der Waals surface area contributed by atoms with Crippen LogP contribution in [0, 0.1) is 0 Å². The highest BCUT2D eigenvalue weighted by atomic mass is 16.7. The van der Waals surface area contributed by atoms with Gasteiger partial charge in [-0.3, -0.25) is 9.59 Å². The quantitative estimate of drug-likeness (QED) is 0.0195. The molecule has 8 atom stereocenters. The molecule has 0 aliphatic carbocycles. The van der Waals surface area contributed by atoms with Gasteiger partial charge >= 0.3 is 5.97 Å². The van der Waals surface area contributed by atoms with Crippen LogP contribution in [0.2, 0.25) is 0 Å². The number of hydrogen-bond acceptors (Lipinski definition) is 10. The van der Waals surface area contributed by atoms with Crippen molar-refractivity contribution in [1.29, 1.82) is 0 Å². The van der Waals surface area contributed by atoms with Crippen molar-refractivity contribution in [3.8, 4) is 0 Å². The maximum absolute atomic E-state index is 13.4. The molecule has 11 heteroatoms. The van der Waals surface area contributed by atoms with E-state index in [9.17, 15) is 35.1 Å². The Morgan fingerprint density at radius 3 is 1.24 bits per heavy atom. The minimum Gasteiger partial charge on any atom is -0.454 e. The summed E-state index contributed by atoms with van der Waals surface area (Å²) in [6, 6.07) is -1.02. The molecular formula is C65H125NO10. The van der Waals surface area contributed by atoms with Crippen molar-refractivity contribution in [3.05, 3.63) is 12.2 Å². The molecule has 0 aromatic rings.